The Bertz CT molecular complexity index is 618. The molecule has 0 saturated carbocycles. The van der Waals surface area contributed by atoms with Crippen molar-refractivity contribution in [3.05, 3.63) is 35.8 Å². The summed E-state index contributed by atoms with van der Waals surface area (Å²) in [4.78, 5) is 9.20. The number of guanidine groups is 1. The number of hydrogen-bond acceptors (Lipinski definition) is 2. The van der Waals surface area contributed by atoms with Crippen LogP contribution in [0.25, 0.3) is 5.65 Å². The van der Waals surface area contributed by atoms with Gasteiger partial charge in [-0.2, -0.15) is 0 Å². The molecule has 2 heterocycles. The number of fused-ring (bicyclic) bond motifs is 1. The van der Waals surface area contributed by atoms with E-state index in [-0.39, 0.29) is 24.0 Å². The SMILES string of the molecule is CCNC(=NCc1cn2c(C)cccc2n1)NCC(C)C.I. The Morgan fingerprint density at radius 1 is 1.32 bits per heavy atom. The summed E-state index contributed by atoms with van der Waals surface area (Å²) in [6, 6.07) is 6.12. The van der Waals surface area contributed by atoms with Gasteiger partial charge in [0.2, 0.25) is 0 Å². The molecular weight excluding hydrogens is 389 g/mol. The highest BCUT2D eigenvalue weighted by Gasteiger charge is 2.04. The van der Waals surface area contributed by atoms with Crippen molar-refractivity contribution in [1.29, 1.82) is 0 Å². The Morgan fingerprint density at radius 2 is 2.09 bits per heavy atom. The summed E-state index contributed by atoms with van der Waals surface area (Å²) in [5.74, 6) is 1.44. The molecule has 122 valence electrons. The highest BCUT2D eigenvalue weighted by atomic mass is 127. The quantitative estimate of drug-likeness (QED) is 0.449. The number of aromatic nitrogens is 2. The van der Waals surface area contributed by atoms with Crippen LogP contribution in [0.15, 0.2) is 29.4 Å². The molecule has 0 atom stereocenters. The first kappa shape index (κ1) is 18.7. The van der Waals surface area contributed by atoms with Gasteiger partial charge in [-0.3, -0.25) is 0 Å². The average molecular weight is 415 g/mol. The van der Waals surface area contributed by atoms with Crippen molar-refractivity contribution in [2.75, 3.05) is 13.1 Å². The second kappa shape index (κ2) is 8.97. The molecule has 0 aliphatic carbocycles. The molecular formula is C16H26IN5. The van der Waals surface area contributed by atoms with Crippen LogP contribution in [0.4, 0.5) is 0 Å². The largest absolute Gasteiger partial charge is 0.357 e. The van der Waals surface area contributed by atoms with E-state index in [1.807, 2.05) is 12.1 Å². The third-order valence-corrected chi connectivity index (χ3v) is 3.17. The lowest BCUT2D eigenvalue weighted by atomic mass is 10.2. The van der Waals surface area contributed by atoms with Gasteiger partial charge >= 0.3 is 0 Å². The van der Waals surface area contributed by atoms with E-state index in [1.165, 1.54) is 5.69 Å². The van der Waals surface area contributed by atoms with Crippen LogP contribution in [0.2, 0.25) is 0 Å². The molecule has 0 radical (unpaired) electrons. The molecule has 0 aromatic carbocycles. The van der Waals surface area contributed by atoms with Crippen molar-refractivity contribution in [3.63, 3.8) is 0 Å². The predicted octanol–water partition coefficient (Wildman–Crippen LogP) is 2.97. The first-order valence-electron chi connectivity index (χ1n) is 7.56. The van der Waals surface area contributed by atoms with Crippen LogP contribution in [-0.4, -0.2) is 28.4 Å². The van der Waals surface area contributed by atoms with E-state index < -0.39 is 0 Å². The van der Waals surface area contributed by atoms with Gasteiger partial charge in [-0.1, -0.05) is 19.9 Å². The van der Waals surface area contributed by atoms with Crippen molar-refractivity contribution < 1.29 is 0 Å². The third kappa shape index (κ3) is 5.15. The second-order valence-electron chi connectivity index (χ2n) is 5.60. The zero-order valence-electron chi connectivity index (χ0n) is 13.8. The second-order valence-corrected chi connectivity index (χ2v) is 5.60. The van der Waals surface area contributed by atoms with E-state index in [9.17, 15) is 0 Å². The van der Waals surface area contributed by atoms with E-state index in [0.717, 1.165) is 30.4 Å². The summed E-state index contributed by atoms with van der Waals surface area (Å²) in [6.45, 7) is 10.9. The standard InChI is InChI=1S/C16H25N5.HI/c1-5-17-16(18-9-12(2)3)19-10-14-11-21-13(4)7-6-8-15(21)20-14;/h6-8,11-12H,5,9-10H2,1-4H3,(H2,17,18,19);1H. The van der Waals surface area contributed by atoms with Crippen molar-refractivity contribution in [2.45, 2.75) is 34.2 Å². The Kier molecular flexibility index (Phi) is 7.64. The minimum absolute atomic E-state index is 0. The third-order valence-electron chi connectivity index (χ3n) is 3.17. The number of aliphatic imine (C=N–C) groups is 1. The Balaban J connectivity index is 0.00000242. The van der Waals surface area contributed by atoms with Crippen LogP contribution in [-0.2, 0) is 6.54 Å². The van der Waals surface area contributed by atoms with Crippen LogP contribution < -0.4 is 10.6 Å². The highest BCUT2D eigenvalue weighted by Crippen LogP contribution is 2.09. The van der Waals surface area contributed by atoms with Crippen molar-refractivity contribution >= 4 is 35.6 Å². The van der Waals surface area contributed by atoms with Crippen molar-refractivity contribution in [2.24, 2.45) is 10.9 Å². The molecule has 2 N–H and O–H groups in total. The van der Waals surface area contributed by atoms with Crippen LogP contribution >= 0.6 is 24.0 Å². The molecule has 0 amide bonds. The summed E-state index contributed by atoms with van der Waals surface area (Å²) < 4.78 is 2.10. The van der Waals surface area contributed by atoms with E-state index >= 15 is 0 Å². The van der Waals surface area contributed by atoms with Crippen LogP contribution in [0.1, 0.15) is 32.2 Å². The summed E-state index contributed by atoms with van der Waals surface area (Å²) >= 11 is 0. The zero-order valence-corrected chi connectivity index (χ0v) is 16.1. The van der Waals surface area contributed by atoms with Gasteiger partial charge in [-0.05, 0) is 31.9 Å². The van der Waals surface area contributed by atoms with E-state index in [2.05, 4.69) is 65.0 Å². The number of imidazole rings is 1. The lowest BCUT2D eigenvalue weighted by Crippen LogP contribution is -2.39. The summed E-state index contributed by atoms with van der Waals surface area (Å²) in [5.41, 5.74) is 3.13. The number of nitrogens with zero attached hydrogens (tertiary/aromatic N) is 3. The first-order chi connectivity index (χ1) is 10.1. The zero-order chi connectivity index (χ0) is 15.2. The van der Waals surface area contributed by atoms with Gasteiger partial charge in [0.1, 0.15) is 5.65 Å². The Labute approximate surface area is 149 Å². The smallest absolute Gasteiger partial charge is 0.191 e. The Hall–Kier alpha value is -1.31. The normalized spacial score (nSPS) is 11.6. The van der Waals surface area contributed by atoms with Gasteiger partial charge < -0.3 is 15.0 Å². The Morgan fingerprint density at radius 3 is 2.73 bits per heavy atom. The van der Waals surface area contributed by atoms with E-state index in [4.69, 9.17) is 0 Å². The van der Waals surface area contributed by atoms with Crippen LogP contribution in [0, 0.1) is 12.8 Å². The maximum Gasteiger partial charge on any atom is 0.191 e. The molecule has 5 nitrogen and oxygen atoms in total. The van der Waals surface area contributed by atoms with Gasteiger partial charge in [0.05, 0.1) is 12.2 Å². The molecule has 6 heteroatoms. The van der Waals surface area contributed by atoms with Crippen LogP contribution in [0.5, 0.6) is 0 Å². The van der Waals surface area contributed by atoms with Crippen molar-refractivity contribution in [1.82, 2.24) is 20.0 Å². The molecule has 0 unspecified atom stereocenters. The van der Waals surface area contributed by atoms with Gasteiger partial charge in [0.15, 0.2) is 5.96 Å². The number of hydrogen-bond donors (Lipinski definition) is 2. The molecule has 0 saturated heterocycles. The fourth-order valence-electron chi connectivity index (χ4n) is 2.08. The summed E-state index contributed by atoms with van der Waals surface area (Å²) in [7, 11) is 0. The van der Waals surface area contributed by atoms with Gasteiger partial charge in [0.25, 0.3) is 0 Å². The molecule has 2 rings (SSSR count). The van der Waals surface area contributed by atoms with E-state index in [0.29, 0.717) is 12.5 Å². The number of nitrogens with one attached hydrogen (secondary N) is 2. The molecule has 0 bridgehead atoms. The fraction of sp³-hybridized carbons (Fsp3) is 0.500. The monoisotopic (exact) mass is 415 g/mol. The van der Waals surface area contributed by atoms with Gasteiger partial charge in [0, 0.05) is 25.0 Å². The van der Waals surface area contributed by atoms with Gasteiger partial charge in [-0.15, -0.1) is 24.0 Å². The minimum atomic E-state index is 0. The molecule has 0 aliphatic heterocycles. The minimum Gasteiger partial charge on any atom is -0.357 e. The summed E-state index contributed by atoms with van der Waals surface area (Å²) in [5, 5.41) is 6.60. The molecule has 2 aromatic rings. The average Bonchev–Trinajstić information content (AvgIpc) is 2.86. The first-order valence-corrected chi connectivity index (χ1v) is 7.56. The lowest BCUT2D eigenvalue weighted by molar-refractivity contribution is 0.614. The number of aryl methyl sites for hydroxylation is 1. The van der Waals surface area contributed by atoms with Crippen LogP contribution in [0.3, 0.4) is 0 Å². The number of halogens is 1. The topological polar surface area (TPSA) is 53.7 Å². The lowest BCUT2D eigenvalue weighted by Gasteiger charge is -2.12. The number of pyridine rings is 1. The van der Waals surface area contributed by atoms with Gasteiger partial charge in [-0.25, -0.2) is 9.98 Å². The molecule has 0 spiro atoms. The molecule has 0 fully saturated rings. The predicted molar refractivity (Wildman–Crippen MR) is 103 cm³/mol. The highest BCUT2D eigenvalue weighted by molar-refractivity contribution is 14.0. The molecule has 22 heavy (non-hydrogen) atoms. The van der Waals surface area contributed by atoms with Crippen molar-refractivity contribution in [3.8, 4) is 0 Å². The number of rotatable bonds is 5. The van der Waals surface area contributed by atoms with E-state index in [1.54, 1.807) is 0 Å². The maximum absolute atomic E-state index is 4.60. The molecule has 2 aromatic heterocycles. The fourth-order valence-corrected chi connectivity index (χ4v) is 2.08. The summed E-state index contributed by atoms with van der Waals surface area (Å²) in [6.07, 6.45) is 2.06. The maximum atomic E-state index is 4.60. The molecule has 0 aliphatic rings.